The Kier molecular flexibility index (Phi) is 3.30. The summed E-state index contributed by atoms with van der Waals surface area (Å²) in [6, 6.07) is 1.71. The summed E-state index contributed by atoms with van der Waals surface area (Å²) in [5.41, 5.74) is 0.992. The number of ether oxygens (including phenoxy) is 1. The van der Waals surface area contributed by atoms with E-state index in [1.54, 1.807) is 27.0 Å². The Hall–Kier alpha value is -1.91. The van der Waals surface area contributed by atoms with Crippen LogP contribution >= 0.6 is 0 Å². The lowest BCUT2D eigenvalue weighted by Gasteiger charge is -2.20. The van der Waals surface area contributed by atoms with E-state index in [0.29, 0.717) is 22.7 Å². The highest BCUT2D eigenvalue weighted by atomic mass is 16.5. The van der Waals surface area contributed by atoms with Crippen molar-refractivity contribution in [1.29, 1.82) is 0 Å². The predicted molar refractivity (Wildman–Crippen MR) is 75.1 cm³/mol. The first-order valence-electron chi connectivity index (χ1n) is 6.43. The molecule has 0 fully saturated rings. The van der Waals surface area contributed by atoms with Gasteiger partial charge in [0.15, 0.2) is 0 Å². The van der Waals surface area contributed by atoms with Gasteiger partial charge < -0.3 is 20.5 Å². The molecule has 1 heterocycles. The van der Waals surface area contributed by atoms with Crippen molar-refractivity contribution in [2.45, 2.75) is 32.6 Å². The van der Waals surface area contributed by atoms with Crippen molar-refractivity contribution in [2.75, 3.05) is 24.3 Å². The molecule has 3 N–H and O–H groups in total. The SMILES string of the molecule is CCCNc1cc(OC)c2c(c1O)C(C)(C)C(=O)N2. The second-order valence-corrected chi connectivity index (χ2v) is 5.23. The van der Waals surface area contributed by atoms with Gasteiger partial charge in [0, 0.05) is 18.2 Å². The van der Waals surface area contributed by atoms with Crippen LogP contribution in [0.2, 0.25) is 0 Å². The molecule has 0 bridgehead atoms. The number of nitrogens with one attached hydrogen (secondary N) is 2. The van der Waals surface area contributed by atoms with E-state index in [1.807, 2.05) is 6.92 Å². The molecule has 5 nitrogen and oxygen atoms in total. The summed E-state index contributed by atoms with van der Waals surface area (Å²) < 4.78 is 5.31. The monoisotopic (exact) mass is 264 g/mol. The number of aromatic hydroxyl groups is 1. The molecule has 2 rings (SSSR count). The molecular weight excluding hydrogens is 244 g/mol. The Labute approximate surface area is 113 Å². The van der Waals surface area contributed by atoms with Crippen molar-refractivity contribution >= 4 is 17.3 Å². The first-order valence-corrected chi connectivity index (χ1v) is 6.43. The van der Waals surface area contributed by atoms with Gasteiger partial charge in [0.25, 0.3) is 0 Å². The number of anilines is 2. The zero-order valence-electron chi connectivity index (χ0n) is 11.8. The van der Waals surface area contributed by atoms with Gasteiger partial charge >= 0.3 is 0 Å². The summed E-state index contributed by atoms with van der Waals surface area (Å²) >= 11 is 0. The Morgan fingerprint density at radius 2 is 2.16 bits per heavy atom. The van der Waals surface area contributed by atoms with Gasteiger partial charge in [0.1, 0.15) is 11.5 Å². The number of fused-ring (bicyclic) bond motifs is 1. The average molecular weight is 264 g/mol. The van der Waals surface area contributed by atoms with Crippen LogP contribution in [0.4, 0.5) is 11.4 Å². The molecule has 1 aliphatic rings. The average Bonchev–Trinajstić information content (AvgIpc) is 2.60. The maximum Gasteiger partial charge on any atom is 0.234 e. The van der Waals surface area contributed by atoms with Crippen LogP contribution in [0.5, 0.6) is 11.5 Å². The van der Waals surface area contributed by atoms with Crippen LogP contribution in [0.1, 0.15) is 32.8 Å². The molecule has 1 amide bonds. The molecule has 0 unspecified atom stereocenters. The van der Waals surface area contributed by atoms with Crippen molar-refractivity contribution < 1.29 is 14.6 Å². The summed E-state index contributed by atoms with van der Waals surface area (Å²) in [6.45, 7) is 6.37. The topological polar surface area (TPSA) is 70.6 Å². The lowest BCUT2D eigenvalue weighted by atomic mass is 9.85. The molecule has 0 spiro atoms. The second-order valence-electron chi connectivity index (χ2n) is 5.23. The second kappa shape index (κ2) is 4.64. The molecule has 1 aromatic rings. The normalized spacial score (nSPS) is 15.9. The number of carbonyl (C=O) groups is 1. The van der Waals surface area contributed by atoms with Crippen molar-refractivity contribution in [3.8, 4) is 11.5 Å². The Morgan fingerprint density at radius 1 is 1.47 bits per heavy atom. The van der Waals surface area contributed by atoms with Gasteiger partial charge in [-0.25, -0.2) is 0 Å². The maximum atomic E-state index is 12.0. The lowest BCUT2D eigenvalue weighted by molar-refractivity contribution is -0.119. The first-order chi connectivity index (χ1) is 8.93. The molecule has 0 aromatic heterocycles. The Balaban J connectivity index is 2.60. The summed E-state index contributed by atoms with van der Waals surface area (Å²) in [5.74, 6) is 0.543. The highest BCUT2D eigenvalue weighted by Gasteiger charge is 2.43. The molecule has 19 heavy (non-hydrogen) atoms. The standard InChI is InChI=1S/C14H20N2O3/c1-5-6-15-8-7-9(19-4)11-10(12(8)17)14(2,3)13(18)16-11/h7,15,17H,5-6H2,1-4H3,(H,16,18). The maximum absolute atomic E-state index is 12.0. The minimum atomic E-state index is -0.767. The van der Waals surface area contributed by atoms with Gasteiger partial charge in [-0.3, -0.25) is 4.79 Å². The predicted octanol–water partition coefficient (Wildman–Crippen LogP) is 2.45. The number of hydrogen-bond acceptors (Lipinski definition) is 4. The van der Waals surface area contributed by atoms with Gasteiger partial charge in [-0.2, -0.15) is 0 Å². The van der Waals surface area contributed by atoms with Crippen molar-refractivity contribution in [1.82, 2.24) is 0 Å². The van der Waals surface area contributed by atoms with Crippen LogP contribution in [0.3, 0.4) is 0 Å². The highest BCUT2D eigenvalue weighted by Crippen LogP contribution is 2.50. The molecular formula is C14H20N2O3. The molecule has 1 aromatic carbocycles. The largest absolute Gasteiger partial charge is 0.505 e. The van der Waals surface area contributed by atoms with Crippen LogP contribution in [-0.2, 0) is 10.2 Å². The van der Waals surface area contributed by atoms with Crippen molar-refractivity contribution in [2.24, 2.45) is 0 Å². The van der Waals surface area contributed by atoms with E-state index in [9.17, 15) is 9.90 Å². The number of hydrogen-bond donors (Lipinski definition) is 3. The molecule has 5 heteroatoms. The van der Waals surface area contributed by atoms with Crippen LogP contribution in [0, 0.1) is 0 Å². The van der Waals surface area contributed by atoms with E-state index < -0.39 is 5.41 Å². The number of rotatable bonds is 4. The number of phenols is 1. The number of phenolic OH excluding ortho intramolecular Hbond substituents is 1. The third kappa shape index (κ3) is 1.99. The van der Waals surface area contributed by atoms with Gasteiger partial charge in [0.05, 0.1) is 23.9 Å². The fourth-order valence-electron chi connectivity index (χ4n) is 2.32. The third-order valence-electron chi connectivity index (χ3n) is 3.48. The van der Waals surface area contributed by atoms with E-state index in [4.69, 9.17) is 4.74 Å². The highest BCUT2D eigenvalue weighted by molar-refractivity contribution is 6.09. The molecule has 0 radical (unpaired) electrons. The number of amides is 1. The molecule has 1 aliphatic heterocycles. The van der Waals surface area contributed by atoms with E-state index >= 15 is 0 Å². The Morgan fingerprint density at radius 3 is 2.74 bits per heavy atom. The fraction of sp³-hybridized carbons (Fsp3) is 0.500. The zero-order valence-corrected chi connectivity index (χ0v) is 11.8. The Bertz CT molecular complexity index is 524. The van der Waals surface area contributed by atoms with Crippen LogP contribution < -0.4 is 15.4 Å². The van der Waals surface area contributed by atoms with Crippen molar-refractivity contribution in [3.05, 3.63) is 11.6 Å². The molecule has 0 saturated heterocycles. The van der Waals surface area contributed by atoms with E-state index in [1.165, 1.54) is 0 Å². The molecule has 0 aliphatic carbocycles. The summed E-state index contributed by atoms with van der Waals surface area (Å²) in [7, 11) is 1.55. The van der Waals surface area contributed by atoms with E-state index in [0.717, 1.165) is 13.0 Å². The lowest BCUT2D eigenvalue weighted by Crippen LogP contribution is -2.27. The molecule has 104 valence electrons. The van der Waals surface area contributed by atoms with Gasteiger partial charge in [-0.1, -0.05) is 6.92 Å². The summed E-state index contributed by atoms with van der Waals surface area (Å²) in [5, 5.41) is 16.3. The molecule has 0 atom stereocenters. The van der Waals surface area contributed by atoms with Crippen molar-refractivity contribution in [3.63, 3.8) is 0 Å². The fourth-order valence-corrected chi connectivity index (χ4v) is 2.32. The number of methoxy groups -OCH3 is 1. The summed E-state index contributed by atoms with van der Waals surface area (Å²) in [4.78, 5) is 12.0. The number of benzene rings is 1. The zero-order chi connectivity index (χ0) is 14.2. The quantitative estimate of drug-likeness (QED) is 0.731. The van der Waals surface area contributed by atoms with E-state index in [2.05, 4.69) is 10.6 Å². The van der Waals surface area contributed by atoms with Crippen LogP contribution in [-0.4, -0.2) is 24.7 Å². The van der Waals surface area contributed by atoms with Gasteiger partial charge in [-0.05, 0) is 20.3 Å². The van der Waals surface area contributed by atoms with E-state index in [-0.39, 0.29) is 11.7 Å². The van der Waals surface area contributed by atoms with Gasteiger partial charge in [0.2, 0.25) is 5.91 Å². The third-order valence-corrected chi connectivity index (χ3v) is 3.48. The smallest absolute Gasteiger partial charge is 0.234 e. The van der Waals surface area contributed by atoms with Crippen LogP contribution in [0.25, 0.3) is 0 Å². The summed E-state index contributed by atoms with van der Waals surface area (Å²) in [6.07, 6.45) is 0.944. The minimum absolute atomic E-state index is 0.118. The minimum Gasteiger partial charge on any atom is -0.505 e. The number of carbonyl (C=O) groups excluding carboxylic acids is 1. The molecule has 0 saturated carbocycles. The first kappa shape index (κ1) is 13.5. The van der Waals surface area contributed by atoms with Gasteiger partial charge in [-0.15, -0.1) is 0 Å². The van der Waals surface area contributed by atoms with Crippen LogP contribution in [0.15, 0.2) is 6.07 Å².